The van der Waals surface area contributed by atoms with Crippen LogP contribution >= 0.6 is 0 Å². The van der Waals surface area contributed by atoms with Gasteiger partial charge in [-0.05, 0) is 12.0 Å². The van der Waals surface area contributed by atoms with Gasteiger partial charge < -0.3 is 5.11 Å². The molecule has 0 spiro atoms. The summed E-state index contributed by atoms with van der Waals surface area (Å²) in [5, 5.41) is 10.1. The molecule has 0 saturated carbocycles. The van der Waals surface area contributed by atoms with E-state index < -0.39 is 0 Å². The molecular formula is C25H44O. The second-order valence-corrected chi connectivity index (χ2v) is 8.02. The predicted octanol–water partition coefficient (Wildman–Crippen LogP) is 8.37. The molecule has 0 aliphatic carbocycles. The fourth-order valence-corrected chi connectivity index (χ4v) is 3.73. The van der Waals surface area contributed by atoms with E-state index in [0.29, 0.717) is 0 Å². The standard InChI is InChI=1S/C25H44O/c1-2-3-4-5-6-7-8-9-10-11-12-13-14-15-16-20-23-25(26)24-21-18-17-19-22-24/h17-19,21-22,25-26H,2-16,20,23H2,1H3/t25-/m0/s1. The average Bonchev–Trinajstić information content (AvgIpc) is 2.68. The summed E-state index contributed by atoms with van der Waals surface area (Å²) in [6.07, 6.45) is 22.9. The highest BCUT2D eigenvalue weighted by molar-refractivity contribution is 5.16. The minimum absolute atomic E-state index is 0.275. The monoisotopic (exact) mass is 360 g/mol. The fourth-order valence-electron chi connectivity index (χ4n) is 3.73. The molecule has 26 heavy (non-hydrogen) atoms. The van der Waals surface area contributed by atoms with Crippen LogP contribution in [0.3, 0.4) is 0 Å². The fraction of sp³-hybridized carbons (Fsp3) is 0.760. The van der Waals surface area contributed by atoms with Crippen molar-refractivity contribution in [3.8, 4) is 0 Å². The number of aliphatic hydroxyl groups is 1. The molecule has 0 heterocycles. The Balaban J connectivity index is 1.76. The number of benzene rings is 1. The molecule has 1 heteroatoms. The highest BCUT2D eigenvalue weighted by Gasteiger charge is 2.05. The Bertz CT molecular complexity index is 386. The Morgan fingerprint density at radius 3 is 1.38 bits per heavy atom. The van der Waals surface area contributed by atoms with Crippen molar-refractivity contribution in [2.24, 2.45) is 0 Å². The summed E-state index contributed by atoms with van der Waals surface area (Å²) in [4.78, 5) is 0. The van der Waals surface area contributed by atoms with Gasteiger partial charge in [-0.3, -0.25) is 0 Å². The van der Waals surface area contributed by atoms with Crippen LogP contribution < -0.4 is 0 Å². The third-order valence-corrected chi connectivity index (χ3v) is 5.52. The summed E-state index contributed by atoms with van der Waals surface area (Å²) >= 11 is 0. The third-order valence-electron chi connectivity index (χ3n) is 5.52. The van der Waals surface area contributed by atoms with Crippen molar-refractivity contribution in [1.82, 2.24) is 0 Å². The van der Waals surface area contributed by atoms with E-state index in [9.17, 15) is 5.11 Å². The smallest absolute Gasteiger partial charge is 0.0790 e. The maximum atomic E-state index is 10.1. The lowest BCUT2D eigenvalue weighted by Gasteiger charge is -2.10. The number of hydrogen-bond donors (Lipinski definition) is 1. The first-order chi connectivity index (χ1) is 12.8. The second kappa shape index (κ2) is 17.6. The van der Waals surface area contributed by atoms with Crippen LogP contribution in [0.25, 0.3) is 0 Å². The maximum Gasteiger partial charge on any atom is 0.0790 e. The lowest BCUT2D eigenvalue weighted by molar-refractivity contribution is 0.163. The third kappa shape index (κ3) is 13.4. The maximum absolute atomic E-state index is 10.1. The predicted molar refractivity (Wildman–Crippen MR) is 116 cm³/mol. The molecule has 0 bridgehead atoms. The van der Waals surface area contributed by atoms with Gasteiger partial charge in [-0.25, -0.2) is 0 Å². The zero-order chi connectivity index (χ0) is 18.7. The number of hydrogen-bond acceptors (Lipinski definition) is 1. The Labute approximate surface area is 163 Å². The van der Waals surface area contributed by atoms with Crippen LogP contribution in [0.15, 0.2) is 30.3 Å². The van der Waals surface area contributed by atoms with Gasteiger partial charge >= 0.3 is 0 Å². The quantitative estimate of drug-likeness (QED) is 0.261. The highest BCUT2D eigenvalue weighted by Crippen LogP contribution is 2.20. The van der Waals surface area contributed by atoms with Gasteiger partial charge in [0.05, 0.1) is 6.10 Å². The van der Waals surface area contributed by atoms with E-state index in [1.54, 1.807) is 0 Å². The molecule has 150 valence electrons. The van der Waals surface area contributed by atoms with Gasteiger partial charge in [-0.2, -0.15) is 0 Å². The molecule has 0 amide bonds. The van der Waals surface area contributed by atoms with Crippen molar-refractivity contribution in [3.63, 3.8) is 0 Å². The van der Waals surface area contributed by atoms with E-state index >= 15 is 0 Å². The van der Waals surface area contributed by atoms with Crippen molar-refractivity contribution < 1.29 is 5.11 Å². The lowest BCUT2D eigenvalue weighted by atomic mass is 10.0. The molecule has 1 aromatic rings. The molecule has 1 aromatic carbocycles. The molecule has 0 aromatic heterocycles. The van der Waals surface area contributed by atoms with E-state index in [4.69, 9.17) is 0 Å². The first-order valence-corrected chi connectivity index (χ1v) is 11.6. The minimum atomic E-state index is -0.275. The Morgan fingerprint density at radius 2 is 0.962 bits per heavy atom. The summed E-state index contributed by atoms with van der Waals surface area (Å²) in [7, 11) is 0. The van der Waals surface area contributed by atoms with Crippen LogP contribution in [0.5, 0.6) is 0 Å². The van der Waals surface area contributed by atoms with Crippen LogP contribution in [0.1, 0.15) is 128 Å². The van der Waals surface area contributed by atoms with E-state index in [1.807, 2.05) is 30.3 Å². The van der Waals surface area contributed by atoms with Gasteiger partial charge in [0, 0.05) is 0 Å². The van der Waals surface area contributed by atoms with Gasteiger partial charge in [0.1, 0.15) is 0 Å². The Morgan fingerprint density at radius 1 is 0.577 bits per heavy atom. The largest absolute Gasteiger partial charge is 0.388 e. The van der Waals surface area contributed by atoms with Gasteiger partial charge in [-0.15, -0.1) is 0 Å². The summed E-state index contributed by atoms with van der Waals surface area (Å²) in [6, 6.07) is 10.1. The second-order valence-electron chi connectivity index (χ2n) is 8.02. The van der Waals surface area contributed by atoms with Gasteiger partial charge in [0.2, 0.25) is 0 Å². The molecule has 0 saturated heterocycles. The Hall–Kier alpha value is -0.820. The summed E-state index contributed by atoms with van der Waals surface area (Å²) in [5.41, 5.74) is 1.06. The van der Waals surface area contributed by atoms with Gasteiger partial charge in [0.15, 0.2) is 0 Å². The van der Waals surface area contributed by atoms with E-state index in [-0.39, 0.29) is 6.10 Å². The Kier molecular flexibility index (Phi) is 15.7. The first-order valence-electron chi connectivity index (χ1n) is 11.6. The van der Waals surface area contributed by atoms with E-state index in [1.165, 1.54) is 96.3 Å². The molecule has 1 nitrogen and oxygen atoms in total. The van der Waals surface area contributed by atoms with Crippen LogP contribution in [0, 0.1) is 0 Å². The van der Waals surface area contributed by atoms with Crippen molar-refractivity contribution >= 4 is 0 Å². The van der Waals surface area contributed by atoms with Crippen LogP contribution in [-0.2, 0) is 0 Å². The number of unbranched alkanes of at least 4 members (excludes halogenated alkanes) is 15. The van der Waals surface area contributed by atoms with Gasteiger partial charge in [0.25, 0.3) is 0 Å². The summed E-state index contributed by atoms with van der Waals surface area (Å²) in [5.74, 6) is 0. The SMILES string of the molecule is CCCCCCCCCCCCCCCCCC[C@H](O)c1ccccc1. The van der Waals surface area contributed by atoms with Crippen LogP contribution in [0.4, 0.5) is 0 Å². The van der Waals surface area contributed by atoms with Crippen LogP contribution in [-0.4, -0.2) is 5.11 Å². The molecule has 1 atom stereocenters. The normalized spacial score (nSPS) is 12.4. The summed E-state index contributed by atoms with van der Waals surface area (Å²) in [6.45, 7) is 2.29. The number of rotatable bonds is 18. The van der Waals surface area contributed by atoms with Crippen molar-refractivity contribution in [2.45, 2.75) is 122 Å². The molecule has 0 fully saturated rings. The lowest BCUT2D eigenvalue weighted by Crippen LogP contribution is -1.96. The molecule has 0 unspecified atom stereocenters. The van der Waals surface area contributed by atoms with E-state index in [2.05, 4.69) is 6.92 Å². The highest BCUT2D eigenvalue weighted by atomic mass is 16.3. The zero-order valence-corrected chi connectivity index (χ0v) is 17.4. The molecule has 0 aliphatic rings. The molecule has 1 N–H and O–H groups in total. The van der Waals surface area contributed by atoms with Gasteiger partial charge in [-0.1, -0.05) is 140 Å². The van der Waals surface area contributed by atoms with Crippen LogP contribution in [0.2, 0.25) is 0 Å². The molecular weight excluding hydrogens is 316 g/mol. The topological polar surface area (TPSA) is 20.2 Å². The number of aliphatic hydroxyl groups excluding tert-OH is 1. The minimum Gasteiger partial charge on any atom is -0.388 e. The van der Waals surface area contributed by atoms with E-state index in [0.717, 1.165) is 18.4 Å². The summed E-state index contributed by atoms with van der Waals surface area (Å²) < 4.78 is 0. The molecule has 0 aliphatic heterocycles. The van der Waals surface area contributed by atoms with Crippen molar-refractivity contribution in [1.29, 1.82) is 0 Å². The average molecular weight is 361 g/mol. The van der Waals surface area contributed by atoms with Crippen molar-refractivity contribution in [3.05, 3.63) is 35.9 Å². The molecule has 0 radical (unpaired) electrons. The zero-order valence-electron chi connectivity index (χ0n) is 17.4. The molecule has 1 rings (SSSR count). The first kappa shape index (κ1) is 23.2. The van der Waals surface area contributed by atoms with Crippen molar-refractivity contribution in [2.75, 3.05) is 0 Å².